The number of hydrogen-bond donors (Lipinski definition) is 5. The molecule has 0 aliphatic rings. The quantitative estimate of drug-likeness (QED) is 0.355. The average molecular weight is 425 g/mol. The molecule has 0 saturated carbocycles. The van der Waals surface area contributed by atoms with Crippen molar-refractivity contribution in [2.24, 2.45) is 5.41 Å². The highest BCUT2D eigenvalue weighted by atomic mass is 16.3. The summed E-state index contributed by atoms with van der Waals surface area (Å²) in [4.78, 5) is 44.9. The fourth-order valence-electron chi connectivity index (χ4n) is 3.23. The number of fused-ring (bicyclic) bond motifs is 1. The molecule has 3 aromatic rings. The minimum atomic E-state index is -0.628. The third-order valence-electron chi connectivity index (χ3n) is 5.37. The van der Waals surface area contributed by atoms with Crippen LogP contribution in [0.1, 0.15) is 32.3 Å². The minimum absolute atomic E-state index is 0.0102. The predicted octanol–water partition coefficient (Wildman–Crippen LogP) is 1.72. The summed E-state index contributed by atoms with van der Waals surface area (Å²) in [6.45, 7) is 3.92. The minimum Gasteiger partial charge on any atom is -0.393 e. The Morgan fingerprint density at radius 2 is 1.81 bits per heavy atom. The number of pyridine rings is 1. The van der Waals surface area contributed by atoms with Gasteiger partial charge in [-0.05, 0) is 31.0 Å². The fourth-order valence-corrected chi connectivity index (χ4v) is 3.23. The number of imidazole rings is 1. The normalized spacial score (nSPS) is 14.0. The number of aromatic amines is 2. The summed E-state index contributed by atoms with van der Waals surface area (Å²) < 4.78 is 0. The van der Waals surface area contributed by atoms with E-state index in [9.17, 15) is 19.5 Å². The summed E-state index contributed by atoms with van der Waals surface area (Å²) in [6, 6.07) is 13.0. The monoisotopic (exact) mass is 425 g/mol. The van der Waals surface area contributed by atoms with Crippen LogP contribution in [0, 0.1) is 5.41 Å². The van der Waals surface area contributed by atoms with E-state index in [1.165, 1.54) is 0 Å². The van der Waals surface area contributed by atoms with E-state index in [0.717, 1.165) is 5.56 Å². The summed E-state index contributed by atoms with van der Waals surface area (Å²) >= 11 is 0. The fraction of sp³-hybridized carbons (Fsp3) is 0.364. The molecule has 164 valence electrons. The molecule has 2 aromatic heterocycles. The maximum atomic E-state index is 12.3. The van der Waals surface area contributed by atoms with E-state index in [-0.39, 0.29) is 36.2 Å². The number of H-pyrrole nitrogens is 2. The van der Waals surface area contributed by atoms with Crippen molar-refractivity contribution < 1.29 is 14.7 Å². The lowest BCUT2D eigenvalue weighted by Gasteiger charge is -2.33. The Kier molecular flexibility index (Phi) is 6.86. The van der Waals surface area contributed by atoms with Crippen molar-refractivity contribution in [1.82, 2.24) is 20.3 Å². The zero-order valence-corrected chi connectivity index (χ0v) is 17.6. The van der Waals surface area contributed by atoms with Crippen molar-refractivity contribution in [1.29, 1.82) is 0 Å². The number of carbonyl (C=O) groups is 2. The highest BCUT2D eigenvalue weighted by molar-refractivity contribution is 5.93. The lowest BCUT2D eigenvalue weighted by Crippen LogP contribution is -2.43. The molecular weight excluding hydrogens is 398 g/mol. The average Bonchev–Trinajstić information content (AvgIpc) is 3.10. The molecule has 2 unspecified atom stereocenters. The Labute approximate surface area is 179 Å². The van der Waals surface area contributed by atoms with E-state index in [1.807, 2.05) is 37.3 Å². The van der Waals surface area contributed by atoms with Crippen LogP contribution >= 0.6 is 0 Å². The van der Waals surface area contributed by atoms with Gasteiger partial charge in [0.1, 0.15) is 5.82 Å². The molecule has 0 aliphatic heterocycles. The number of nitrogens with one attached hydrogen (secondary N) is 4. The van der Waals surface area contributed by atoms with Crippen LogP contribution in [0.4, 0.5) is 5.82 Å². The molecule has 0 fully saturated rings. The Balaban J connectivity index is 1.48. The summed E-state index contributed by atoms with van der Waals surface area (Å²) in [5, 5.41) is 15.7. The standard InChI is InChI=1S/C22H27N5O4/c1-14(28)22(2,12-15-6-4-3-5-7-15)13-23-18(29)10-11-19(30)25-17-9-8-16-20(26-17)27-21(31)24-16/h3-9,14,28H,10-13H2,1-2H3,(H,23,29)(H3,24,25,26,27,30,31). The van der Waals surface area contributed by atoms with Gasteiger partial charge in [0.15, 0.2) is 5.65 Å². The summed E-state index contributed by atoms with van der Waals surface area (Å²) in [6.07, 6.45) is -0.0192. The number of rotatable bonds is 9. The van der Waals surface area contributed by atoms with E-state index in [0.29, 0.717) is 24.1 Å². The van der Waals surface area contributed by atoms with E-state index < -0.39 is 11.5 Å². The van der Waals surface area contributed by atoms with Gasteiger partial charge in [0.25, 0.3) is 0 Å². The molecule has 2 amide bonds. The Morgan fingerprint density at radius 3 is 2.52 bits per heavy atom. The van der Waals surface area contributed by atoms with Crippen LogP contribution in [-0.2, 0) is 16.0 Å². The summed E-state index contributed by atoms with van der Waals surface area (Å²) in [7, 11) is 0. The van der Waals surface area contributed by atoms with Crippen LogP contribution in [0.15, 0.2) is 47.3 Å². The highest BCUT2D eigenvalue weighted by Gasteiger charge is 2.30. The smallest absolute Gasteiger partial charge is 0.325 e. The lowest BCUT2D eigenvalue weighted by molar-refractivity contribution is -0.125. The van der Waals surface area contributed by atoms with Crippen LogP contribution in [0.25, 0.3) is 11.2 Å². The summed E-state index contributed by atoms with van der Waals surface area (Å²) in [5.74, 6) is -0.339. The highest BCUT2D eigenvalue weighted by Crippen LogP contribution is 2.26. The van der Waals surface area contributed by atoms with Crippen LogP contribution in [-0.4, -0.2) is 44.5 Å². The van der Waals surface area contributed by atoms with Crippen LogP contribution in [0.2, 0.25) is 0 Å². The Hall–Kier alpha value is -3.46. The molecular formula is C22H27N5O4. The third kappa shape index (κ3) is 6.02. The maximum Gasteiger partial charge on any atom is 0.325 e. The first-order chi connectivity index (χ1) is 14.7. The molecule has 0 spiro atoms. The van der Waals surface area contributed by atoms with E-state index in [4.69, 9.17) is 0 Å². The number of amides is 2. The molecule has 2 heterocycles. The van der Waals surface area contributed by atoms with Gasteiger partial charge in [0.05, 0.1) is 11.6 Å². The second-order valence-corrected chi connectivity index (χ2v) is 7.99. The van der Waals surface area contributed by atoms with Crippen molar-refractivity contribution in [3.8, 4) is 0 Å². The molecule has 9 nitrogen and oxygen atoms in total. The van der Waals surface area contributed by atoms with Gasteiger partial charge in [-0.2, -0.15) is 0 Å². The van der Waals surface area contributed by atoms with Crippen molar-refractivity contribution in [3.05, 3.63) is 58.5 Å². The van der Waals surface area contributed by atoms with Gasteiger partial charge in [0, 0.05) is 24.8 Å². The zero-order valence-electron chi connectivity index (χ0n) is 17.6. The number of benzene rings is 1. The maximum absolute atomic E-state index is 12.3. The number of aromatic nitrogens is 3. The second-order valence-electron chi connectivity index (χ2n) is 7.99. The lowest BCUT2D eigenvalue weighted by atomic mass is 9.79. The van der Waals surface area contributed by atoms with Crippen LogP contribution < -0.4 is 16.3 Å². The molecule has 0 saturated heterocycles. The number of aliphatic hydroxyl groups is 1. The van der Waals surface area contributed by atoms with Crippen molar-refractivity contribution in [2.45, 2.75) is 39.2 Å². The van der Waals surface area contributed by atoms with Gasteiger partial charge < -0.3 is 20.7 Å². The molecule has 1 aromatic carbocycles. The van der Waals surface area contributed by atoms with Crippen LogP contribution in [0.5, 0.6) is 0 Å². The van der Waals surface area contributed by atoms with Gasteiger partial charge in [0.2, 0.25) is 11.8 Å². The first-order valence-electron chi connectivity index (χ1n) is 10.1. The zero-order chi connectivity index (χ0) is 22.4. The van der Waals surface area contributed by atoms with E-state index >= 15 is 0 Å². The molecule has 31 heavy (non-hydrogen) atoms. The third-order valence-corrected chi connectivity index (χ3v) is 5.37. The Morgan fingerprint density at radius 1 is 1.10 bits per heavy atom. The van der Waals surface area contributed by atoms with Crippen molar-refractivity contribution in [2.75, 3.05) is 11.9 Å². The molecule has 0 bridgehead atoms. The molecule has 0 aliphatic carbocycles. The molecule has 3 rings (SSSR count). The predicted molar refractivity (Wildman–Crippen MR) is 118 cm³/mol. The van der Waals surface area contributed by atoms with Gasteiger partial charge >= 0.3 is 5.69 Å². The second kappa shape index (κ2) is 9.57. The SMILES string of the molecule is CC(O)C(C)(CNC(=O)CCC(=O)Nc1ccc2[nH]c(=O)[nH]c2n1)Cc1ccccc1. The summed E-state index contributed by atoms with van der Waals surface area (Å²) in [5.41, 5.74) is 1.05. The number of carbonyl (C=O) groups excluding carboxylic acids is 2. The molecule has 2 atom stereocenters. The van der Waals surface area contributed by atoms with Gasteiger partial charge in [-0.3, -0.25) is 14.6 Å². The topological polar surface area (TPSA) is 140 Å². The molecule has 0 radical (unpaired) electrons. The van der Waals surface area contributed by atoms with Gasteiger partial charge in [-0.15, -0.1) is 0 Å². The Bertz CT molecular complexity index is 1110. The van der Waals surface area contributed by atoms with Crippen molar-refractivity contribution in [3.63, 3.8) is 0 Å². The number of aliphatic hydroxyl groups excluding tert-OH is 1. The first-order valence-corrected chi connectivity index (χ1v) is 10.1. The number of hydrogen-bond acceptors (Lipinski definition) is 5. The van der Waals surface area contributed by atoms with Crippen LogP contribution in [0.3, 0.4) is 0 Å². The first kappa shape index (κ1) is 22.2. The van der Waals surface area contributed by atoms with Gasteiger partial charge in [-0.25, -0.2) is 9.78 Å². The van der Waals surface area contributed by atoms with E-state index in [2.05, 4.69) is 25.6 Å². The largest absolute Gasteiger partial charge is 0.393 e. The number of anilines is 1. The molecule has 5 N–H and O–H groups in total. The molecule has 9 heteroatoms. The van der Waals surface area contributed by atoms with E-state index in [1.54, 1.807) is 19.1 Å². The van der Waals surface area contributed by atoms with Gasteiger partial charge in [-0.1, -0.05) is 37.3 Å². The number of nitrogens with zero attached hydrogens (tertiary/aromatic N) is 1. The van der Waals surface area contributed by atoms with Crippen molar-refractivity contribution >= 4 is 28.8 Å².